The molecule has 1 saturated heterocycles. The van der Waals surface area contributed by atoms with Gasteiger partial charge in [0, 0.05) is 25.8 Å². The molecule has 3 heterocycles. The molecule has 7 heteroatoms. The van der Waals surface area contributed by atoms with E-state index in [2.05, 4.69) is 20.2 Å². The molecule has 0 saturated carbocycles. The quantitative estimate of drug-likeness (QED) is 0.867. The van der Waals surface area contributed by atoms with E-state index in [0.717, 1.165) is 37.7 Å². The van der Waals surface area contributed by atoms with Gasteiger partial charge in [-0.05, 0) is 23.8 Å². The van der Waals surface area contributed by atoms with Crippen LogP contribution in [0.5, 0.6) is 0 Å². The summed E-state index contributed by atoms with van der Waals surface area (Å²) in [6.45, 7) is 3.71. The Balaban J connectivity index is 1.60. The van der Waals surface area contributed by atoms with E-state index in [9.17, 15) is 4.79 Å². The zero-order valence-corrected chi connectivity index (χ0v) is 12.6. The van der Waals surface area contributed by atoms with Crippen LogP contribution < -0.4 is 10.2 Å². The number of carboxylic acid groups (broad SMARTS) is 1. The third-order valence-electron chi connectivity index (χ3n) is 3.59. The zero-order valence-electron chi connectivity index (χ0n) is 12.6. The second kappa shape index (κ2) is 7.06. The van der Waals surface area contributed by atoms with E-state index in [4.69, 9.17) is 9.84 Å². The maximum atomic E-state index is 10.9. The van der Waals surface area contributed by atoms with Gasteiger partial charge in [0.25, 0.3) is 0 Å². The monoisotopic (exact) mass is 314 g/mol. The second-order valence-electron chi connectivity index (χ2n) is 5.19. The number of pyridine rings is 2. The Morgan fingerprint density at radius 3 is 2.78 bits per heavy atom. The molecule has 0 spiro atoms. The van der Waals surface area contributed by atoms with Gasteiger partial charge in [-0.25, -0.2) is 14.8 Å². The van der Waals surface area contributed by atoms with Crippen molar-refractivity contribution in [3.63, 3.8) is 0 Å². The number of hydrogen-bond acceptors (Lipinski definition) is 6. The molecule has 1 aliphatic rings. The summed E-state index contributed by atoms with van der Waals surface area (Å²) < 4.78 is 5.33. The summed E-state index contributed by atoms with van der Waals surface area (Å²) in [4.78, 5) is 21.6. The van der Waals surface area contributed by atoms with Crippen molar-refractivity contribution in [2.24, 2.45) is 0 Å². The molecule has 0 radical (unpaired) electrons. The van der Waals surface area contributed by atoms with Crippen LogP contribution in [-0.4, -0.2) is 47.3 Å². The van der Waals surface area contributed by atoms with Gasteiger partial charge in [-0.2, -0.15) is 0 Å². The van der Waals surface area contributed by atoms with E-state index in [1.165, 1.54) is 6.07 Å². The number of morpholine rings is 1. The zero-order chi connectivity index (χ0) is 16.1. The van der Waals surface area contributed by atoms with Crippen LogP contribution in [0.2, 0.25) is 0 Å². The van der Waals surface area contributed by atoms with E-state index in [0.29, 0.717) is 12.4 Å². The van der Waals surface area contributed by atoms with Crippen LogP contribution >= 0.6 is 0 Å². The van der Waals surface area contributed by atoms with Crippen LogP contribution in [0, 0.1) is 0 Å². The number of anilines is 2. The van der Waals surface area contributed by atoms with Crippen molar-refractivity contribution in [2.75, 3.05) is 36.5 Å². The Labute approximate surface area is 133 Å². The van der Waals surface area contributed by atoms with Gasteiger partial charge in [0.15, 0.2) is 5.69 Å². The summed E-state index contributed by atoms with van der Waals surface area (Å²) in [5.74, 6) is 0.440. The fraction of sp³-hybridized carbons (Fsp3) is 0.312. The van der Waals surface area contributed by atoms with E-state index < -0.39 is 5.97 Å². The molecule has 2 aromatic heterocycles. The highest BCUT2D eigenvalue weighted by molar-refractivity contribution is 5.85. The summed E-state index contributed by atoms with van der Waals surface area (Å²) in [5, 5.41) is 12.0. The number of carboxylic acids is 1. The molecule has 1 fully saturated rings. The Hall–Kier alpha value is -2.67. The van der Waals surface area contributed by atoms with Gasteiger partial charge >= 0.3 is 5.97 Å². The first-order valence-corrected chi connectivity index (χ1v) is 7.44. The van der Waals surface area contributed by atoms with Crippen molar-refractivity contribution in [2.45, 2.75) is 6.54 Å². The van der Waals surface area contributed by atoms with Gasteiger partial charge in [0.1, 0.15) is 11.6 Å². The Morgan fingerprint density at radius 2 is 2.09 bits per heavy atom. The molecule has 0 amide bonds. The van der Waals surface area contributed by atoms with Crippen molar-refractivity contribution in [1.29, 1.82) is 0 Å². The predicted molar refractivity (Wildman–Crippen MR) is 85.8 cm³/mol. The van der Waals surface area contributed by atoms with Gasteiger partial charge in [0.05, 0.1) is 13.2 Å². The highest BCUT2D eigenvalue weighted by Crippen LogP contribution is 2.14. The number of aromatic carboxylic acids is 1. The fourth-order valence-corrected chi connectivity index (χ4v) is 2.35. The van der Waals surface area contributed by atoms with E-state index >= 15 is 0 Å². The predicted octanol–water partition coefficient (Wildman–Crippen LogP) is 1.62. The van der Waals surface area contributed by atoms with Crippen LogP contribution in [0.15, 0.2) is 36.5 Å². The largest absolute Gasteiger partial charge is 0.477 e. The topological polar surface area (TPSA) is 87.6 Å². The summed E-state index contributed by atoms with van der Waals surface area (Å²) >= 11 is 0. The standard InChI is InChI=1S/C16H18N4O3/c21-16(22)13-2-1-3-14(19-13)17-10-12-4-5-15(18-11-12)20-6-8-23-9-7-20/h1-5,11H,6-10H2,(H,17,19)(H,21,22). The van der Waals surface area contributed by atoms with Gasteiger partial charge in [0.2, 0.25) is 0 Å². The molecule has 23 heavy (non-hydrogen) atoms. The molecule has 1 aliphatic heterocycles. The highest BCUT2D eigenvalue weighted by Gasteiger charge is 2.12. The molecule has 120 valence electrons. The average Bonchev–Trinajstić information content (AvgIpc) is 2.61. The molecule has 0 aromatic carbocycles. The maximum absolute atomic E-state index is 10.9. The summed E-state index contributed by atoms with van der Waals surface area (Å²) in [6.07, 6.45) is 1.82. The van der Waals surface area contributed by atoms with E-state index in [1.54, 1.807) is 12.1 Å². The smallest absolute Gasteiger partial charge is 0.354 e. The average molecular weight is 314 g/mol. The molecule has 7 nitrogen and oxygen atoms in total. The number of carbonyl (C=O) groups is 1. The van der Waals surface area contributed by atoms with Gasteiger partial charge in [-0.3, -0.25) is 0 Å². The summed E-state index contributed by atoms with van der Waals surface area (Å²) in [7, 11) is 0. The molecule has 0 atom stereocenters. The fourth-order valence-electron chi connectivity index (χ4n) is 2.35. The first-order valence-electron chi connectivity index (χ1n) is 7.44. The second-order valence-corrected chi connectivity index (χ2v) is 5.19. The number of nitrogens with one attached hydrogen (secondary N) is 1. The molecular weight excluding hydrogens is 296 g/mol. The van der Waals surface area contributed by atoms with Crippen LogP contribution in [0.1, 0.15) is 16.1 Å². The lowest BCUT2D eigenvalue weighted by molar-refractivity contribution is 0.0690. The first-order chi connectivity index (χ1) is 11.2. The lowest BCUT2D eigenvalue weighted by Gasteiger charge is -2.27. The van der Waals surface area contributed by atoms with E-state index in [1.807, 2.05) is 18.3 Å². The molecule has 0 aliphatic carbocycles. The van der Waals surface area contributed by atoms with Crippen LogP contribution in [0.4, 0.5) is 11.6 Å². The van der Waals surface area contributed by atoms with Crippen molar-refractivity contribution in [1.82, 2.24) is 9.97 Å². The highest BCUT2D eigenvalue weighted by atomic mass is 16.5. The van der Waals surface area contributed by atoms with Crippen LogP contribution in [0.25, 0.3) is 0 Å². The van der Waals surface area contributed by atoms with Crippen molar-refractivity contribution >= 4 is 17.6 Å². The molecule has 2 aromatic rings. The molecule has 0 unspecified atom stereocenters. The first kappa shape index (κ1) is 15.2. The molecule has 2 N–H and O–H groups in total. The van der Waals surface area contributed by atoms with Crippen LogP contribution in [0.3, 0.4) is 0 Å². The van der Waals surface area contributed by atoms with E-state index in [-0.39, 0.29) is 5.69 Å². The summed E-state index contributed by atoms with van der Waals surface area (Å²) in [6, 6.07) is 8.86. The molecule has 0 bridgehead atoms. The van der Waals surface area contributed by atoms with Gasteiger partial charge < -0.3 is 20.1 Å². The minimum Gasteiger partial charge on any atom is -0.477 e. The van der Waals surface area contributed by atoms with Crippen molar-refractivity contribution < 1.29 is 14.6 Å². The number of ether oxygens (including phenoxy) is 1. The molecule has 3 rings (SSSR count). The molecular formula is C16H18N4O3. The third-order valence-corrected chi connectivity index (χ3v) is 3.59. The minimum atomic E-state index is -1.04. The van der Waals surface area contributed by atoms with Gasteiger partial charge in [-0.15, -0.1) is 0 Å². The lowest BCUT2D eigenvalue weighted by Crippen LogP contribution is -2.36. The Morgan fingerprint density at radius 1 is 1.26 bits per heavy atom. The Kier molecular flexibility index (Phi) is 4.68. The SMILES string of the molecule is O=C(O)c1cccc(NCc2ccc(N3CCOCC3)nc2)n1. The van der Waals surface area contributed by atoms with Gasteiger partial charge in [-0.1, -0.05) is 12.1 Å². The van der Waals surface area contributed by atoms with Crippen LogP contribution in [-0.2, 0) is 11.3 Å². The number of aromatic nitrogens is 2. The lowest BCUT2D eigenvalue weighted by atomic mass is 10.2. The number of hydrogen-bond donors (Lipinski definition) is 2. The Bertz CT molecular complexity index is 669. The normalized spacial score (nSPS) is 14.5. The number of nitrogens with zero attached hydrogens (tertiary/aromatic N) is 3. The third kappa shape index (κ3) is 3.95. The summed E-state index contributed by atoms with van der Waals surface area (Å²) in [5.41, 5.74) is 1.03. The van der Waals surface area contributed by atoms with Crippen molar-refractivity contribution in [3.05, 3.63) is 47.8 Å². The van der Waals surface area contributed by atoms with Crippen molar-refractivity contribution in [3.8, 4) is 0 Å². The minimum absolute atomic E-state index is 0.0239. The maximum Gasteiger partial charge on any atom is 0.354 e. The number of rotatable bonds is 5.